The van der Waals surface area contributed by atoms with Crippen LogP contribution in [0.1, 0.15) is 18.4 Å². The van der Waals surface area contributed by atoms with Gasteiger partial charge in [0.25, 0.3) is 0 Å². The molecule has 1 saturated heterocycles. The van der Waals surface area contributed by atoms with E-state index in [1.165, 1.54) is 4.90 Å². The Hall–Kier alpha value is -1.92. The van der Waals surface area contributed by atoms with Crippen LogP contribution in [0.3, 0.4) is 0 Å². The first-order valence-electron chi connectivity index (χ1n) is 6.98. The molecule has 3 N–H and O–H groups in total. The van der Waals surface area contributed by atoms with E-state index in [0.717, 1.165) is 5.56 Å². The minimum Gasteiger partial charge on any atom is -0.481 e. The zero-order valence-electron chi connectivity index (χ0n) is 12.0. The zero-order valence-corrected chi connectivity index (χ0v) is 12.0. The molecule has 6 heteroatoms. The van der Waals surface area contributed by atoms with E-state index in [9.17, 15) is 14.7 Å². The van der Waals surface area contributed by atoms with Crippen molar-refractivity contribution in [3.63, 3.8) is 0 Å². The molecule has 0 bridgehead atoms. The summed E-state index contributed by atoms with van der Waals surface area (Å²) in [5.41, 5.74) is 1.74. The summed E-state index contributed by atoms with van der Waals surface area (Å²) in [4.78, 5) is 24.8. The van der Waals surface area contributed by atoms with E-state index < -0.39 is 18.1 Å². The Labute approximate surface area is 123 Å². The van der Waals surface area contributed by atoms with Crippen LogP contribution in [0, 0.1) is 6.92 Å². The SMILES string of the molecule is Cc1ccc(N(CCC(=O)O)C(=O)C2CC(O)CN2)cc1. The Bertz CT molecular complexity index is 515. The molecule has 1 fully saturated rings. The van der Waals surface area contributed by atoms with Gasteiger partial charge in [0.15, 0.2) is 0 Å². The standard InChI is InChI=1S/C15H20N2O4/c1-10-2-4-11(5-3-10)17(7-6-14(19)20)15(21)13-8-12(18)9-16-13/h2-5,12-13,16,18H,6-9H2,1H3,(H,19,20). The van der Waals surface area contributed by atoms with Gasteiger partial charge in [0.2, 0.25) is 5.91 Å². The number of nitrogens with one attached hydrogen (secondary N) is 1. The Morgan fingerprint density at radius 3 is 2.52 bits per heavy atom. The second-order valence-corrected chi connectivity index (χ2v) is 5.32. The Balaban J connectivity index is 2.16. The predicted octanol–water partition coefficient (Wildman–Crippen LogP) is 0.526. The predicted molar refractivity (Wildman–Crippen MR) is 78.2 cm³/mol. The summed E-state index contributed by atoms with van der Waals surface area (Å²) in [6, 6.07) is 6.91. The van der Waals surface area contributed by atoms with Crippen molar-refractivity contribution in [1.29, 1.82) is 0 Å². The average Bonchev–Trinajstić information content (AvgIpc) is 2.87. The lowest BCUT2D eigenvalue weighted by Gasteiger charge is -2.25. The number of amides is 1. The molecule has 1 amide bonds. The third kappa shape index (κ3) is 4.03. The number of carbonyl (C=O) groups excluding carboxylic acids is 1. The third-order valence-electron chi connectivity index (χ3n) is 3.57. The number of aliphatic hydroxyl groups excluding tert-OH is 1. The maximum absolute atomic E-state index is 12.5. The number of carboxylic acids is 1. The number of anilines is 1. The number of carbonyl (C=O) groups is 2. The van der Waals surface area contributed by atoms with E-state index in [4.69, 9.17) is 5.11 Å². The highest BCUT2D eigenvalue weighted by atomic mass is 16.4. The van der Waals surface area contributed by atoms with Crippen LogP contribution in [0.5, 0.6) is 0 Å². The topological polar surface area (TPSA) is 89.9 Å². The number of nitrogens with zero attached hydrogens (tertiary/aromatic N) is 1. The van der Waals surface area contributed by atoms with E-state index in [2.05, 4.69) is 5.32 Å². The molecule has 1 aliphatic heterocycles. The van der Waals surface area contributed by atoms with Gasteiger partial charge in [0, 0.05) is 18.8 Å². The number of hydrogen-bond acceptors (Lipinski definition) is 4. The molecule has 2 rings (SSSR count). The van der Waals surface area contributed by atoms with Crippen LogP contribution in [0.25, 0.3) is 0 Å². The monoisotopic (exact) mass is 292 g/mol. The van der Waals surface area contributed by atoms with Gasteiger partial charge in [-0.2, -0.15) is 0 Å². The average molecular weight is 292 g/mol. The smallest absolute Gasteiger partial charge is 0.305 e. The molecule has 0 spiro atoms. The van der Waals surface area contributed by atoms with Gasteiger partial charge in [0.1, 0.15) is 0 Å². The van der Waals surface area contributed by atoms with E-state index in [1.807, 2.05) is 19.1 Å². The molecule has 0 aromatic heterocycles. The lowest BCUT2D eigenvalue weighted by molar-refractivity contribution is -0.136. The molecule has 1 aromatic rings. The first-order chi connectivity index (χ1) is 9.97. The number of β-amino-alcohol motifs (C(OH)–C–C–N with tert-alkyl or cyclic N) is 1. The van der Waals surface area contributed by atoms with E-state index in [-0.39, 0.29) is 18.9 Å². The molecule has 1 aromatic carbocycles. The van der Waals surface area contributed by atoms with Crippen LogP contribution >= 0.6 is 0 Å². The van der Waals surface area contributed by atoms with Crippen LogP contribution in [0.4, 0.5) is 5.69 Å². The van der Waals surface area contributed by atoms with Gasteiger partial charge >= 0.3 is 5.97 Å². The summed E-state index contributed by atoms with van der Waals surface area (Å²) in [5, 5.41) is 21.3. The largest absolute Gasteiger partial charge is 0.481 e. The minimum absolute atomic E-state index is 0.116. The molecule has 2 unspecified atom stereocenters. The highest BCUT2D eigenvalue weighted by molar-refractivity contribution is 5.97. The molecule has 0 radical (unpaired) electrons. The second kappa shape index (κ2) is 6.69. The zero-order chi connectivity index (χ0) is 15.4. The second-order valence-electron chi connectivity index (χ2n) is 5.32. The fraction of sp³-hybridized carbons (Fsp3) is 0.467. The van der Waals surface area contributed by atoms with Crippen LogP contribution in [0.2, 0.25) is 0 Å². The Morgan fingerprint density at radius 1 is 1.33 bits per heavy atom. The quantitative estimate of drug-likeness (QED) is 0.736. The Morgan fingerprint density at radius 2 is 2.00 bits per heavy atom. The van der Waals surface area contributed by atoms with Gasteiger partial charge in [-0.1, -0.05) is 17.7 Å². The van der Waals surface area contributed by atoms with E-state index in [0.29, 0.717) is 18.7 Å². The third-order valence-corrected chi connectivity index (χ3v) is 3.57. The van der Waals surface area contributed by atoms with Gasteiger partial charge in [0.05, 0.1) is 18.6 Å². The number of benzene rings is 1. The lowest BCUT2D eigenvalue weighted by Crippen LogP contribution is -2.44. The van der Waals surface area contributed by atoms with Gasteiger partial charge in [-0.15, -0.1) is 0 Å². The number of aliphatic carboxylic acids is 1. The van der Waals surface area contributed by atoms with Crippen molar-refractivity contribution in [3.05, 3.63) is 29.8 Å². The maximum Gasteiger partial charge on any atom is 0.305 e. The summed E-state index contributed by atoms with van der Waals surface area (Å²) >= 11 is 0. The number of aliphatic hydroxyl groups is 1. The van der Waals surface area contributed by atoms with E-state index >= 15 is 0 Å². The molecular weight excluding hydrogens is 272 g/mol. The van der Waals surface area contributed by atoms with Crippen molar-refractivity contribution in [2.45, 2.75) is 31.9 Å². The minimum atomic E-state index is -0.945. The highest BCUT2D eigenvalue weighted by Crippen LogP contribution is 2.19. The number of aryl methyl sites for hydroxylation is 1. The lowest BCUT2D eigenvalue weighted by atomic mass is 10.1. The highest BCUT2D eigenvalue weighted by Gasteiger charge is 2.32. The van der Waals surface area contributed by atoms with Crippen molar-refractivity contribution < 1.29 is 19.8 Å². The van der Waals surface area contributed by atoms with Gasteiger partial charge < -0.3 is 20.4 Å². The van der Waals surface area contributed by atoms with Crippen molar-refractivity contribution in [2.24, 2.45) is 0 Å². The molecule has 0 saturated carbocycles. The molecular formula is C15H20N2O4. The summed E-state index contributed by atoms with van der Waals surface area (Å²) in [7, 11) is 0. The van der Waals surface area contributed by atoms with E-state index in [1.54, 1.807) is 12.1 Å². The summed E-state index contributed by atoms with van der Waals surface area (Å²) < 4.78 is 0. The first-order valence-corrected chi connectivity index (χ1v) is 6.98. The Kier molecular flexibility index (Phi) is 4.93. The summed E-state index contributed by atoms with van der Waals surface area (Å²) in [5.74, 6) is -1.14. The van der Waals surface area contributed by atoms with Crippen LogP contribution in [0.15, 0.2) is 24.3 Å². The molecule has 21 heavy (non-hydrogen) atoms. The fourth-order valence-corrected chi connectivity index (χ4v) is 2.39. The molecule has 6 nitrogen and oxygen atoms in total. The number of rotatable bonds is 5. The maximum atomic E-state index is 12.5. The van der Waals surface area contributed by atoms with Crippen molar-refractivity contribution in [2.75, 3.05) is 18.0 Å². The molecule has 1 aliphatic rings. The summed E-state index contributed by atoms with van der Waals surface area (Å²) in [6.45, 7) is 2.45. The number of carboxylic acid groups (broad SMARTS) is 1. The summed E-state index contributed by atoms with van der Waals surface area (Å²) in [6.07, 6.45) is -0.290. The molecule has 1 heterocycles. The molecule has 2 atom stereocenters. The van der Waals surface area contributed by atoms with Crippen molar-refractivity contribution >= 4 is 17.6 Å². The molecule has 114 valence electrons. The van der Waals surface area contributed by atoms with Gasteiger partial charge in [-0.05, 0) is 25.5 Å². The first kappa shape index (κ1) is 15.5. The van der Waals surface area contributed by atoms with Crippen LogP contribution < -0.4 is 10.2 Å². The molecule has 0 aliphatic carbocycles. The fourth-order valence-electron chi connectivity index (χ4n) is 2.39. The van der Waals surface area contributed by atoms with Gasteiger partial charge in [-0.25, -0.2) is 0 Å². The van der Waals surface area contributed by atoms with Crippen LogP contribution in [-0.4, -0.2) is 47.3 Å². The normalized spacial score (nSPS) is 21.2. The number of hydrogen-bond donors (Lipinski definition) is 3. The van der Waals surface area contributed by atoms with Gasteiger partial charge in [-0.3, -0.25) is 9.59 Å². The van der Waals surface area contributed by atoms with Crippen LogP contribution in [-0.2, 0) is 9.59 Å². The van der Waals surface area contributed by atoms with Crippen molar-refractivity contribution in [1.82, 2.24) is 5.32 Å². The van der Waals surface area contributed by atoms with Crippen molar-refractivity contribution in [3.8, 4) is 0 Å².